The van der Waals surface area contributed by atoms with E-state index in [1.54, 1.807) is 18.2 Å². The molecule has 0 spiro atoms. The molecule has 8 nitrogen and oxygen atoms in total. The van der Waals surface area contributed by atoms with Crippen molar-refractivity contribution in [1.82, 2.24) is 19.3 Å². The van der Waals surface area contributed by atoms with Crippen LogP contribution in [-0.2, 0) is 16.6 Å². The quantitative estimate of drug-likeness (QED) is 0.378. The highest BCUT2D eigenvalue weighted by atomic mass is 35.5. The molecule has 2 heterocycles. The van der Waals surface area contributed by atoms with Crippen molar-refractivity contribution in [3.8, 4) is 0 Å². The first-order chi connectivity index (χ1) is 17.0. The average Bonchev–Trinajstić information content (AvgIpc) is 3.15. The Hall–Kier alpha value is -3.43. The summed E-state index contributed by atoms with van der Waals surface area (Å²) >= 11 is 6.59. The number of fused-ring (bicyclic) bond motifs is 1. The highest BCUT2D eigenvalue weighted by Crippen LogP contribution is 2.26. The minimum Gasteiger partial charge on any atom is -0.375 e. The second kappa shape index (κ2) is 9.91. The van der Waals surface area contributed by atoms with Gasteiger partial charge < -0.3 is 9.47 Å². The lowest BCUT2D eigenvalue weighted by Crippen LogP contribution is -2.31. The number of hydrogen-bond acceptors (Lipinski definition) is 6. The summed E-state index contributed by atoms with van der Waals surface area (Å²) in [5, 5.41) is 0.615. The molecule has 0 saturated heterocycles. The molecule has 0 radical (unpaired) electrons. The first-order valence-corrected chi connectivity index (χ1v) is 13.3. The van der Waals surface area contributed by atoms with Crippen LogP contribution in [0.2, 0.25) is 5.02 Å². The number of nitrogens with one attached hydrogen (secondary N) is 1. The number of anilines is 1. The Kier molecular flexibility index (Phi) is 7.06. The molecule has 0 saturated carbocycles. The molecule has 0 aliphatic heterocycles. The van der Waals surface area contributed by atoms with Crippen LogP contribution in [0.1, 0.15) is 39.9 Å². The molecule has 1 amide bonds. The number of hydrogen-bond donors (Lipinski definition) is 1. The molecule has 10 heteroatoms. The number of nitrogens with zero attached hydrogens (tertiary/aromatic N) is 4. The largest absolute Gasteiger partial charge is 0.375 e. The van der Waals surface area contributed by atoms with Crippen LogP contribution in [0.3, 0.4) is 0 Å². The number of imidazole rings is 1. The standard InChI is InChI=1S/C26H28ClN5O3S/c1-6-31(5)20-10-9-19(22(27)14-20)15-32-18(4)28-24-17(3)13-23(29-25(24)32)26(33)30-36(34,35)21-11-7-16(2)8-12-21/h7-14H,6,15H2,1-5H3,(H,30,33). The van der Waals surface area contributed by atoms with Crippen LogP contribution >= 0.6 is 11.6 Å². The monoisotopic (exact) mass is 525 g/mol. The van der Waals surface area contributed by atoms with Gasteiger partial charge in [0, 0.05) is 24.3 Å². The van der Waals surface area contributed by atoms with Crippen molar-refractivity contribution in [2.75, 3.05) is 18.5 Å². The third-order valence-electron chi connectivity index (χ3n) is 6.16. The second-order valence-corrected chi connectivity index (χ2v) is 10.9. The minimum atomic E-state index is -4.05. The predicted octanol–water partition coefficient (Wildman–Crippen LogP) is 4.63. The molecule has 4 aromatic rings. The van der Waals surface area contributed by atoms with Gasteiger partial charge in [0.15, 0.2) is 5.65 Å². The molecule has 188 valence electrons. The molecule has 2 aromatic carbocycles. The van der Waals surface area contributed by atoms with Crippen LogP contribution in [0, 0.1) is 20.8 Å². The molecular formula is C26H28ClN5O3S. The third kappa shape index (κ3) is 5.08. The Balaban J connectivity index is 1.68. The normalized spacial score (nSPS) is 11.6. The lowest BCUT2D eigenvalue weighted by atomic mass is 10.2. The summed E-state index contributed by atoms with van der Waals surface area (Å²) in [4.78, 5) is 24.2. The number of carbonyl (C=O) groups excluding carboxylic acids is 1. The summed E-state index contributed by atoms with van der Waals surface area (Å²) in [6.07, 6.45) is 0. The van der Waals surface area contributed by atoms with E-state index < -0.39 is 15.9 Å². The van der Waals surface area contributed by atoms with Crippen molar-refractivity contribution >= 4 is 44.4 Å². The van der Waals surface area contributed by atoms with Crippen molar-refractivity contribution in [2.24, 2.45) is 0 Å². The molecule has 0 atom stereocenters. The number of amides is 1. The number of aryl methyl sites for hydroxylation is 3. The van der Waals surface area contributed by atoms with Gasteiger partial charge in [-0.25, -0.2) is 23.1 Å². The predicted molar refractivity (Wildman–Crippen MR) is 142 cm³/mol. The maximum absolute atomic E-state index is 12.9. The van der Waals surface area contributed by atoms with Crippen molar-refractivity contribution in [3.05, 3.63) is 81.8 Å². The molecule has 0 unspecified atom stereocenters. The zero-order valence-corrected chi connectivity index (χ0v) is 22.4. The second-order valence-electron chi connectivity index (χ2n) is 8.78. The van der Waals surface area contributed by atoms with Gasteiger partial charge in [-0.05, 0) is 69.2 Å². The fourth-order valence-electron chi connectivity index (χ4n) is 3.86. The van der Waals surface area contributed by atoms with E-state index >= 15 is 0 Å². The molecule has 2 aromatic heterocycles. The number of rotatable bonds is 7. The molecule has 36 heavy (non-hydrogen) atoms. The van der Waals surface area contributed by atoms with Gasteiger partial charge in [-0.3, -0.25) is 4.79 Å². The molecule has 4 rings (SSSR count). The van der Waals surface area contributed by atoms with Crippen molar-refractivity contribution in [2.45, 2.75) is 39.1 Å². The van der Waals surface area contributed by atoms with Gasteiger partial charge in [-0.15, -0.1) is 0 Å². The summed E-state index contributed by atoms with van der Waals surface area (Å²) in [7, 11) is -2.05. The van der Waals surface area contributed by atoms with Gasteiger partial charge in [0.2, 0.25) is 0 Å². The fraction of sp³-hybridized carbons (Fsp3) is 0.269. The highest BCUT2D eigenvalue weighted by Gasteiger charge is 2.22. The van der Waals surface area contributed by atoms with Crippen LogP contribution in [0.4, 0.5) is 5.69 Å². The summed E-state index contributed by atoms with van der Waals surface area (Å²) in [5.74, 6) is -0.104. The lowest BCUT2D eigenvalue weighted by Gasteiger charge is -2.18. The Morgan fingerprint density at radius 1 is 1.06 bits per heavy atom. The minimum absolute atomic E-state index is 0.00643. The van der Waals surface area contributed by atoms with E-state index in [-0.39, 0.29) is 10.6 Å². The summed E-state index contributed by atoms with van der Waals surface area (Å²) < 4.78 is 29.5. The highest BCUT2D eigenvalue weighted by molar-refractivity contribution is 7.90. The van der Waals surface area contributed by atoms with Crippen LogP contribution in [0.15, 0.2) is 53.4 Å². The van der Waals surface area contributed by atoms with Gasteiger partial charge in [0.25, 0.3) is 15.9 Å². The van der Waals surface area contributed by atoms with E-state index in [1.807, 2.05) is 50.6 Å². The SMILES string of the molecule is CCN(C)c1ccc(Cn2c(C)nc3c(C)cc(C(=O)NS(=O)(=O)c4ccc(C)cc4)nc32)c(Cl)c1. The zero-order valence-electron chi connectivity index (χ0n) is 20.8. The molecule has 0 aliphatic rings. The average molecular weight is 526 g/mol. The van der Waals surface area contributed by atoms with Crippen molar-refractivity contribution in [1.29, 1.82) is 0 Å². The van der Waals surface area contributed by atoms with E-state index in [4.69, 9.17) is 11.6 Å². The lowest BCUT2D eigenvalue weighted by molar-refractivity contribution is 0.0976. The number of halogens is 1. The number of carbonyl (C=O) groups is 1. The molecule has 0 aliphatic carbocycles. The Morgan fingerprint density at radius 2 is 1.75 bits per heavy atom. The fourth-order valence-corrected chi connectivity index (χ4v) is 5.06. The van der Waals surface area contributed by atoms with Crippen LogP contribution in [0.25, 0.3) is 11.2 Å². The number of benzene rings is 2. The van der Waals surface area contributed by atoms with Crippen molar-refractivity contribution in [3.63, 3.8) is 0 Å². The number of sulfonamides is 1. The summed E-state index contributed by atoms with van der Waals surface area (Å²) in [6.45, 7) is 8.85. The number of aromatic nitrogens is 3. The van der Waals surface area contributed by atoms with Crippen LogP contribution in [-0.4, -0.2) is 42.5 Å². The van der Waals surface area contributed by atoms with E-state index in [1.165, 1.54) is 12.1 Å². The van der Waals surface area contributed by atoms with E-state index in [0.29, 0.717) is 34.1 Å². The van der Waals surface area contributed by atoms with Crippen LogP contribution in [0.5, 0.6) is 0 Å². The molecule has 0 fully saturated rings. The third-order valence-corrected chi connectivity index (χ3v) is 7.85. The van der Waals surface area contributed by atoms with E-state index in [9.17, 15) is 13.2 Å². The van der Waals surface area contributed by atoms with Gasteiger partial charge in [-0.2, -0.15) is 0 Å². The summed E-state index contributed by atoms with van der Waals surface area (Å²) in [5.41, 5.74) is 4.64. The van der Waals surface area contributed by atoms with Crippen LogP contribution < -0.4 is 9.62 Å². The first-order valence-electron chi connectivity index (χ1n) is 11.5. The maximum atomic E-state index is 12.9. The van der Waals surface area contributed by atoms with E-state index in [0.717, 1.165) is 23.4 Å². The summed E-state index contributed by atoms with van der Waals surface area (Å²) in [6, 6.07) is 13.7. The van der Waals surface area contributed by atoms with Gasteiger partial charge in [0.05, 0.1) is 11.4 Å². The molecular weight excluding hydrogens is 498 g/mol. The number of pyridine rings is 1. The van der Waals surface area contributed by atoms with Gasteiger partial charge >= 0.3 is 0 Å². The Bertz CT molecular complexity index is 1560. The Labute approximate surface area is 216 Å². The van der Waals surface area contributed by atoms with E-state index in [2.05, 4.69) is 26.5 Å². The smallest absolute Gasteiger partial charge is 0.283 e. The Morgan fingerprint density at radius 3 is 2.39 bits per heavy atom. The van der Waals surface area contributed by atoms with Gasteiger partial charge in [0.1, 0.15) is 17.0 Å². The first kappa shape index (κ1) is 25.7. The maximum Gasteiger partial charge on any atom is 0.283 e. The topological polar surface area (TPSA) is 97.2 Å². The van der Waals surface area contributed by atoms with Gasteiger partial charge in [-0.1, -0.05) is 35.4 Å². The molecule has 0 bridgehead atoms. The molecule has 1 N–H and O–H groups in total. The zero-order chi connectivity index (χ0) is 26.2. The van der Waals surface area contributed by atoms with Crippen molar-refractivity contribution < 1.29 is 13.2 Å².